The lowest BCUT2D eigenvalue weighted by molar-refractivity contribution is -0.138. The van der Waals surface area contributed by atoms with Gasteiger partial charge in [-0.2, -0.15) is 0 Å². The van der Waals surface area contributed by atoms with E-state index in [-0.39, 0.29) is 5.97 Å². The number of carbonyl (C=O) groups excluding carboxylic acids is 1. The van der Waals surface area contributed by atoms with Gasteiger partial charge in [0, 0.05) is 5.57 Å². The smallest absolute Gasteiger partial charge is 0.333 e. The first-order chi connectivity index (χ1) is 8.22. The van der Waals surface area contributed by atoms with E-state index in [1.165, 1.54) is 5.56 Å². The van der Waals surface area contributed by atoms with Gasteiger partial charge in [0.1, 0.15) is 0 Å². The van der Waals surface area contributed by atoms with E-state index in [1.54, 1.807) is 0 Å². The maximum absolute atomic E-state index is 11.5. The summed E-state index contributed by atoms with van der Waals surface area (Å²) in [7, 11) is 0. The van der Waals surface area contributed by atoms with Crippen molar-refractivity contribution in [1.29, 1.82) is 0 Å². The quantitative estimate of drug-likeness (QED) is 0.586. The molecule has 2 atom stereocenters. The zero-order chi connectivity index (χ0) is 12.3. The van der Waals surface area contributed by atoms with Gasteiger partial charge in [0.15, 0.2) is 0 Å². The minimum absolute atomic E-state index is 0.189. The normalized spacial score (nSPS) is 23.3. The Hall–Kier alpha value is -1.57. The highest BCUT2D eigenvalue weighted by molar-refractivity contribution is 5.87. The molecule has 0 amide bonds. The van der Waals surface area contributed by atoms with Crippen molar-refractivity contribution in [3.05, 3.63) is 47.5 Å². The minimum Gasteiger partial charge on any atom is -0.463 e. The number of rotatable bonds is 4. The lowest BCUT2D eigenvalue weighted by atomic mass is 10.1. The molecule has 1 aromatic carbocycles. The van der Waals surface area contributed by atoms with E-state index in [0.29, 0.717) is 18.4 Å². The van der Waals surface area contributed by atoms with Crippen LogP contribution in [0.4, 0.5) is 0 Å². The second-order valence-electron chi connectivity index (χ2n) is 4.49. The van der Waals surface area contributed by atoms with Crippen LogP contribution in [-0.4, -0.2) is 12.6 Å². The van der Waals surface area contributed by atoms with E-state index in [9.17, 15) is 4.79 Å². The second kappa shape index (κ2) is 5.17. The highest BCUT2D eigenvalue weighted by Gasteiger charge is 2.36. The van der Waals surface area contributed by atoms with E-state index in [1.807, 2.05) is 19.9 Å². The number of carbonyl (C=O) groups is 1. The number of esters is 1. The molecule has 1 fully saturated rings. The molecule has 0 radical (unpaired) electrons. The van der Waals surface area contributed by atoms with Crippen molar-refractivity contribution in [2.24, 2.45) is 5.92 Å². The van der Waals surface area contributed by atoms with Crippen molar-refractivity contribution in [3.63, 3.8) is 0 Å². The summed E-state index contributed by atoms with van der Waals surface area (Å²) in [5.41, 5.74) is 2.10. The lowest BCUT2D eigenvalue weighted by Gasteiger charge is -2.01. The summed E-state index contributed by atoms with van der Waals surface area (Å²) in [6.07, 6.45) is 3.19. The number of ether oxygens (including phenoxy) is 1. The number of allylic oxidation sites excluding steroid dienone is 1. The van der Waals surface area contributed by atoms with Gasteiger partial charge in [-0.25, -0.2) is 4.79 Å². The van der Waals surface area contributed by atoms with E-state index in [4.69, 9.17) is 4.74 Å². The SMILES string of the molecule is CCOC(=O)/C(C)=C/[C@H]1C[C@@H]1c1ccccc1. The van der Waals surface area contributed by atoms with Crippen LogP contribution < -0.4 is 0 Å². The summed E-state index contributed by atoms with van der Waals surface area (Å²) in [5, 5.41) is 0. The van der Waals surface area contributed by atoms with E-state index >= 15 is 0 Å². The Balaban J connectivity index is 1.95. The van der Waals surface area contributed by atoms with Crippen LogP contribution in [0.25, 0.3) is 0 Å². The summed E-state index contributed by atoms with van der Waals surface area (Å²) in [6, 6.07) is 10.5. The van der Waals surface area contributed by atoms with Gasteiger partial charge < -0.3 is 4.74 Å². The summed E-state index contributed by atoms with van der Waals surface area (Å²) < 4.78 is 4.97. The second-order valence-corrected chi connectivity index (χ2v) is 4.49. The lowest BCUT2D eigenvalue weighted by Crippen LogP contribution is -2.05. The van der Waals surface area contributed by atoms with Gasteiger partial charge in [-0.1, -0.05) is 36.4 Å². The Morgan fingerprint density at radius 3 is 2.76 bits per heavy atom. The standard InChI is InChI=1S/C15H18O2/c1-3-17-15(16)11(2)9-13-10-14(13)12-7-5-4-6-8-12/h4-9,13-14H,3,10H2,1-2H3/b11-9+/t13-,14+/m0/s1. The molecule has 17 heavy (non-hydrogen) atoms. The molecule has 90 valence electrons. The highest BCUT2D eigenvalue weighted by Crippen LogP contribution is 2.48. The van der Waals surface area contributed by atoms with E-state index < -0.39 is 0 Å². The monoisotopic (exact) mass is 230 g/mol. The molecule has 0 aliphatic heterocycles. The fourth-order valence-electron chi connectivity index (χ4n) is 2.12. The van der Waals surface area contributed by atoms with Crippen molar-refractivity contribution in [1.82, 2.24) is 0 Å². The molecule has 1 aliphatic carbocycles. The molecule has 0 saturated heterocycles. The summed E-state index contributed by atoms with van der Waals surface area (Å²) in [6.45, 7) is 4.10. The van der Waals surface area contributed by atoms with E-state index in [0.717, 1.165) is 12.0 Å². The van der Waals surface area contributed by atoms with Crippen LogP contribution in [0.1, 0.15) is 31.7 Å². The topological polar surface area (TPSA) is 26.3 Å². The molecule has 0 N–H and O–H groups in total. The zero-order valence-electron chi connectivity index (χ0n) is 10.3. The molecule has 2 rings (SSSR count). The molecule has 1 aromatic rings. The van der Waals surface area contributed by atoms with Gasteiger partial charge in [-0.3, -0.25) is 0 Å². The van der Waals surface area contributed by atoms with Crippen LogP contribution in [-0.2, 0) is 9.53 Å². The largest absolute Gasteiger partial charge is 0.463 e. The Morgan fingerprint density at radius 2 is 2.12 bits per heavy atom. The third-order valence-corrected chi connectivity index (χ3v) is 3.13. The first kappa shape index (κ1) is 11.9. The molecule has 0 bridgehead atoms. The molecule has 1 saturated carbocycles. The maximum atomic E-state index is 11.5. The predicted octanol–water partition coefficient (Wildman–Crippen LogP) is 3.30. The van der Waals surface area contributed by atoms with Gasteiger partial charge >= 0.3 is 5.97 Å². The number of benzene rings is 1. The molecular weight excluding hydrogens is 212 g/mol. The van der Waals surface area contributed by atoms with Crippen molar-refractivity contribution >= 4 is 5.97 Å². The Kier molecular flexibility index (Phi) is 3.62. The molecule has 0 unspecified atom stereocenters. The molecule has 0 spiro atoms. The first-order valence-electron chi connectivity index (χ1n) is 6.13. The predicted molar refractivity (Wildman–Crippen MR) is 67.7 cm³/mol. The summed E-state index contributed by atoms with van der Waals surface area (Å²) >= 11 is 0. The fourth-order valence-corrected chi connectivity index (χ4v) is 2.12. The van der Waals surface area contributed by atoms with Crippen LogP contribution in [0.15, 0.2) is 42.0 Å². The van der Waals surface area contributed by atoms with Crippen LogP contribution in [0.3, 0.4) is 0 Å². The van der Waals surface area contributed by atoms with Gasteiger partial charge in [-0.05, 0) is 37.7 Å². The molecule has 2 heteroatoms. The number of hydrogen-bond acceptors (Lipinski definition) is 2. The average Bonchev–Trinajstić information content (AvgIpc) is 3.10. The van der Waals surface area contributed by atoms with Gasteiger partial charge in [0.25, 0.3) is 0 Å². The molecule has 2 nitrogen and oxygen atoms in total. The molecule has 1 aliphatic rings. The maximum Gasteiger partial charge on any atom is 0.333 e. The van der Waals surface area contributed by atoms with Crippen LogP contribution >= 0.6 is 0 Å². The van der Waals surface area contributed by atoms with Crippen molar-refractivity contribution < 1.29 is 9.53 Å². The highest BCUT2D eigenvalue weighted by atomic mass is 16.5. The van der Waals surface area contributed by atoms with Gasteiger partial charge in [0.2, 0.25) is 0 Å². The fraction of sp³-hybridized carbons (Fsp3) is 0.400. The minimum atomic E-state index is -0.189. The van der Waals surface area contributed by atoms with Crippen LogP contribution in [0.5, 0.6) is 0 Å². The Labute approximate surface area is 102 Å². The number of hydrogen-bond donors (Lipinski definition) is 0. The van der Waals surface area contributed by atoms with Crippen LogP contribution in [0, 0.1) is 5.92 Å². The third kappa shape index (κ3) is 2.96. The average molecular weight is 230 g/mol. The summed E-state index contributed by atoms with van der Waals surface area (Å²) in [5.74, 6) is 0.897. The van der Waals surface area contributed by atoms with E-state index in [2.05, 4.69) is 30.3 Å². The van der Waals surface area contributed by atoms with Gasteiger partial charge in [-0.15, -0.1) is 0 Å². The Morgan fingerprint density at radius 1 is 1.41 bits per heavy atom. The third-order valence-electron chi connectivity index (χ3n) is 3.13. The zero-order valence-corrected chi connectivity index (χ0v) is 10.3. The van der Waals surface area contributed by atoms with Crippen molar-refractivity contribution in [2.75, 3.05) is 6.61 Å². The van der Waals surface area contributed by atoms with Crippen LogP contribution in [0.2, 0.25) is 0 Å². The molecule has 0 heterocycles. The molecule has 0 aromatic heterocycles. The molecular formula is C15H18O2. The van der Waals surface area contributed by atoms with Crippen molar-refractivity contribution in [2.45, 2.75) is 26.2 Å². The van der Waals surface area contributed by atoms with Crippen molar-refractivity contribution in [3.8, 4) is 0 Å². The first-order valence-corrected chi connectivity index (χ1v) is 6.13. The Bertz CT molecular complexity index is 420. The summed E-state index contributed by atoms with van der Waals surface area (Å²) in [4.78, 5) is 11.5. The van der Waals surface area contributed by atoms with Gasteiger partial charge in [0.05, 0.1) is 6.61 Å².